The van der Waals surface area contributed by atoms with E-state index in [2.05, 4.69) is 25.9 Å². The maximum Gasteiger partial charge on any atom is 0.272 e. The number of likely N-dealkylation sites (tertiary alicyclic amines) is 1. The summed E-state index contributed by atoms with van der Waals surface area (Å²) in [5.41, 5.74) is -0.545. The van der Waals surface area contributed by atoms with Crippen LogP contribution in [-0.4, -0.2) is 74.5 Å². The molecule has 0 radical (unpaired) electrons. The van der Waals surface area contributed by atoms with E-state index in [4.69, 9.17) is 0 Å². The lowest BCUT2D eigenvalue weighted by Crippen LogP contribution is -2.62. The van der Waals surface area contributed by atoms with Crippen LogP contribution in [0.25, 0.3) is 0 Å². The minimum absolute atomic E-state index is 0.0281. The number of aliphatic hydroxyl groups excluding tert-OH is 1. The van der Waals surface area contributed by atoms with Gasteiger partial charge in [0.25, 0.3) is 5.91 Å². The zero-order valence-electron chi connectivity index (χ0n) is 25.5. The van der Waals surface area contributed by atoms with Crippen LogP contribution in [0.5, 0.6) is 0 Å². The Bertz CT molecular complexity index is 1100. The number of fused-ring (bicyclic) bond motifs is 1. The van der Waals surface area contributed by atoms with Crippen molar-refractivity contribution in [2.75, 3.05) is 6.54 Å². The Hall–Kier alpha value is -3.08. The molecular weight excluding hydrogens is 536 g/mol. The number of hydrogen-bond donors (Lipinski definition) is 4. The Morgan fingerprint density at radius 2 is 1.74 bits per heavy atom. The molecule has 4 rings (SSSR count). The van der Waals surface area contributed by atoms with Gasteiger partial charge in [-0.15, -0.1) is 0 Å². The minimum atomic E-state index is -0.966. The molecule has 0 spiro atoms. The molecule has 42 heavy (non-hydrogen) atoms. The van der Waals surface area contributed by atoms with Crippen molar-refractivity contribution in [2.24, 2.45) is 23.2 Å². The van der Waals surface area contributed by atoms with Crippen LogP contribution in [0.2, 0.25) is 0 Å². The number of aromatic nitrogens is 2. The van der Waals surface area contributed by atoms with Gasteiger partial charge in [0, 0.05) is 18.9 Å². The van der Waals surface area contributed by atoms with E-state index in [1.165, 1.54) is 18.6 Å². The molecule has 2 heterocycles. The molecule has 6 atom stereocenters. The topological polar surface area (TPSA) is 154 Å². The molecule has 1 aromatic rings. The van der Waals surface area contributed by atoms with Crippen LogP contribution >= 0.6 is 0 Å². The zero-order chi connectivity index (χ0) is 30.4. The molecule has 3 fully saturated rings. The maximum atomic E-state index is 14.3. The van der Waals surface area contributed by atoms with Crippen molar-refractivity contribution in [3.63, 3.8) is 0 Å². The number of rotatable bonds is 10. The number of aliphatic hydroxyl groups is 1. The van der Waals surface area contributed by atoms with Crippen LogP contribution in [0.1, 0.15) is 102 Å². The van der Waals surface area contributed by atoms with E-state index < -0.39 is 41.6 Å². The van der Waals surface area contributed by atoms with E-state index in [1.807, 2.05) is 27.7 Å². The largest absolute Gasteiger partial charge is 0.374 e. The Labute approximate surface area is 249 Å². The number of carbonyl (C=O) groups excluding carboxylic acids is 4. The number of carbonyl (C=O) groups is 4. The van der Waals surface area contributed by atoms with Gasteiger partial charge in [-0.2, -0.15) is 0 Å². The van der Waals surface area contributed by atoms with Crippen LogP contribution in [0.3, 0.4) is 0 Å². The van der Waals surface area contributed by atoms with Crippen LogP contribution in [0.15, 0.2) is 18.6 Å². The Morgan fingerprint density at radius 3 is 2.38 bits per heavy atom. The average Bonchev–Trinajstić information content (AvgIpc) is 3.56. The van der Waals surface area contributed by atoms with E-state index >= 15 is 0 Å². The van der Waals surface area contributed by atoms with Gasteiger partial charge in [-0.1, -0.05) is 59.8 Å². The van der Waals surface area contributed by atoms with Crippen molar-refractivity contribution in [2.45, 2.75) is 116 Å². The fraction of sp³-hybridized carbons (Fsp3) is 0.742. The highest BCUT2D eigenvalue weighted by molar-refractivity contribution is 5.98. The third kappa shape index (κ3) is 7.46. The highest BCUT2D eigenvalue weighted by Crippen LogP contribution is 2.43. The summed E-state index contributed by atoms with van der Waals surface area (Å²) in [4.78, 5) is 64.4. The summed E-state index contributed by atoms with van der Waals surface area (Å²) < 4.78 is 0. The second kappa shape index (κ2) is 13.9. The SMILES string of the molecule is CCC[C@@H](O)NC(=O)[C@@H]1[C@H]2CCC[C@H]2CN1C(=O)[C@@H](NC(=O)[C@@H](NC(=O)c1cnccn1)C1CCCCC1)C(C)(C)C. The van der Waals surface area contributed by atoms with Crippen molar-refractivity contribution < 1.29 is 24.3 Å². The number of nitrogens with zero attached hydrogens (tertiary/aromatic N) is 3. The van der Waals surface area contributed by atoms with Crippen molar-refractivity contribution in [3.05, 3.63) is 24.3 Å². The molecule has 11 nitrogen and oxygen atoms in total. The number of amides is 4. The Balaban J connectivity index is 1.56. The van der Waals surface area contributed by atoms with Gasteiger partial charge in [0.05, 0.1) is 6.20 Å². The van der Waals surface area contributed by atoms with E-state index in [0.29, 0.717) is 19.4 Å². The second-order valence-corrected chi connectivity index (χ2v) is 13.4. The van der Waals surface area contributed by atoms with E-state index in [1.54, 1.807) is 4.90 Å². The monoisotopic (exact) mass is 584 g/mol. The third-order valence-electron chi connectivity index (χ3n) is 9.20. The third-order valence-corrected chi connectivity index (χ3v) is 9.20. The van der Waals surface area contributed by atoms with Gasteiger partial charge in [-0.3, -0.25) is 24.2 Å². The summed E-state index contributed by atoms with van der Waals surface area (Å²) in [6.07, 6.45) is 11.9. The van der Waals surface area contributed by atoms with E-state index in [9.17, 15) is 24.3 Å². The van der Waals surface area contributed by atoms with Crippen LogP contribution < -0.4 is 16.0 Å². The smallest absolute Gasteiger partial charge is 0.272 e. The molecule has 1 aliphatic heterocycles. The Morgan fingerprint density at radius 1 is 1.00 bits per heavy atom. The molecule has 2 aliphatic carbocycles. The first-order chi connectivity index (χ1) is 20.0. The Kier molecular flexibility index (Phi) is 10.6. The molecule has 1 aromatic heterocycles. The van der Waals surface area contributed by atoms with Gasteiger partial charge < -0.3 is 26.0 Å². The second-order valence-electron chi connectivity index (χ2n) is 13.4. The number of hydrogen-bond acceptors (Lipinski definition) is 7. The van der Waals surface area contributed by atoms with Gasteiger partial charge in [-0.05, 0) is 55.3 Å². The molecular formula is C31H48N6O5. The van der Waals surface area contributed by atoms with E-state index in [0.717, 1.165) is 51.4 Å². The quantitative estimate of drug-likeness (QED) is 0.308. The lowest BCUT2D eigenvalue weighted by Gasteiger charge is -2.38. The van der Waals surface area contributed by atoms with Crippen LogP contribution in [0.4, 0.5) is 0 Å². The van der Waals surface area contributed by atoms with Crippen molar-refractivity contribution in [1.82, 2.24) is 30.8 Å². The van der Waals surface area contributed by atoms with Gasteiger partial charge in [0.2, 0.25) is 17.7 Å². The molecule has 232 valence electrons. The molecule has 1 saturated heterocycles. The lowest BCUT2D eigenvalue weighted by atomic mass is 9.82. The summed E-state index contributed by atoms with van der Waals surface area (Å²) >= 11 is 0. The highest BCUT2D eigenvalue weighted by atomic mass is 16.3. The van der Waals surface area contributed by atoms with Crippen molar-refractivity contribution in [1.29, 1.82) is 0 Å². The van der Waals surface area contributed by atoms with Gasteiger partial charge in [-0.25, -0.2) is 4.98 Å². The van der Waals surface area contributed by atoms with Crippen LogP contribution in [0, 0.1) is 23.2 Å². The average molecular weight is 585 g/mol. The lowest BCUT2D eigenvalue weighted by molar-refractivity contribution is -0.146. The predicted octanol–water partition coefficient (Wildman–Crippen LogP) is 2.55. The maximum absolute atomic E-state index is 14.3. The molecule has 11 heteroatoms. The summed E-state index contributed by atoms with van der Waals surface area (Å²) in [6, 6.07) is -2.44. The normalized spacial score (nSPS) is 24.8. The first-order valence-electron chi connectivity index (χ1n) is 15.7. The molecule has 0 unspecified atom stereocenters. The van der Waals surface area contributed by atoms with Crippen LogP contribution in [-0.2, 0) is 14.4 Å². The van der Waals surface area contributed by atoms with Gasteiger partial charge in [0.1, 0.15) is 30.0 Å². The molecule has 0 bridgehead atoms. The molecule has 0 aromatic carbocycles. The molecule has 4 amide bonds. The highest BCUT2D eigenvalue weighted by Gasteiger charge is 2.52. The van der Waals surface area contributed by atoms with Crippen molar-refractivity contribution >= 4 is 23.6 Å². The summed E-state index contributed by atoms with van der Waals surface area (Å²) in [5, 5.41) is 18.9. The predicted molar refractivity (Wildman–Crippen MR) is 157 cm³/mol. The number of nitrogens with one attached hydrogen (secondary N) is 3. The summed E-state index contributed by atoms with van der Waals surface area (Å²) in [5.74, 6) is -1.37. The molecule has 4 N–H and O–H groups in total. The fourth-order valence-electron chi connectivity index (χ4n) is 7.01. The van der Waals surface area contributed by atoms with Gasteiger partial charge in [0.15, 0.2) is 0 Å². The first kappa shape index (κ1) is 31.8. The first-order valence-corrected chi connectivity index (χ1v) is 15.7. The standard InChI is InChI=1S/C31H48N6O5/c1-5-10-23(38)34-29(41)25-21-14-9-13-20(21)18-37(25)30(42)26(31(2,3)4)36-28(40)24(19-11-7-6-8-12-19)35-27(39)22-17-32-15-16-33-22/h15-17,19-21,23-26,38H,5-14,18H2,1-4H3,(H,34,41)(H,35,39)(H,36,40)/t20-,21-,23+,24-,25-,26+/m0/s1. The summed E-state index contributed by atoms with van der Waals surface area (Å²) in [6.45, 7) is 8.05. The minimum Gasteiger partial charge on any atom is -0.374 e. The zero-order valence-corrected chi connectivity index (χ0v) is 25.5. The fourth-order valence-corrected chi connectivity index (χ4v) is 7.01. The molecule has 3 aliphatic rings. The summed E-state index contributed by atoms with van der Waals surface area (Å²) in [7, 11) is 0. The van der Waals surface area contributed by atoms with Gasteiger partial charge >= 0.3 is 0 Å². The van der Waals surface area contributed by atoms with Crippen molar-refractivity contribution in [3.8, 4) is 0 Å². The van der Waals surface area contributed by atoms with E-state index in [-0.39, 0.29) is 35.3 Å². The molecule has 2 saturated carbocycles.